The third-order valence-corrected chi connectivity index (χ3v) is 3.51. The van der Waals surface area contributed by atoms with Crippen LogP contribution in [0.15, 0.2) is 36.5 Å². The van der Waals surface area contributed by atoms with Crippen LogP contribution in [-0.2, 0) is 6.54 Å². The summed E-state index contributed by atoms with van der Waals surface area (Å²) in [5, 5.41) is 10.9. The molecule has 0 aliphatic carbocycles. The fourth-order valence-corrected chi connectivity index (χ4v) is 2.46. The predicted molar refractivity (Wildman–Crippen MR) is 81.0 cm³/mol. The molecule has 0 saturated carbocycles. The quantitative estimate of drug-likeness (QED) is 0.774. The number of carbonyl (C=O) groups excluding carboxylic acids is 1. The van der Waals surface area contributed by atoms with Gasteiger partial charge in [0.25, 0.3) is 5.91 Å². The number of carbonyl (C=O) groups is 1. The maximum absolute atomic E-state index is 12.3. The molecule has 2 aromatic heterocycles. The summed E-state index contributed by atoms with van der Waals surface area (Å²) in [6.07, 6.45) is 1.76. The number of amides is 1. The molecule has 21 heavy (non-hydrogen) atoms. The molecule has 2 N–H and O–H groups in total. The van der Waals surface area contributed by atoms with Gasteiger partial charge in [-0.15, -0.1) is 0 Å². The maximum Gasteiger partial charge on any atom is 0.255 e. The molecular weight excluding hydrogens is 264 g/mol. The molecule has 0 aliphatic heterocycles. The van der Waals surface area contributed by atoms with E-state index in [0.29, 0.717) is 17.8 Å². The highest BCUT2D eigenvalue weighted by molar-refractivity contribution is 5.96. The van der Waals surface area contributed by atoms with E-state index in [2.05, 4.69) is 20.5 Å². The van der Waals surface area contributed by atoms with Crippen LogP contribution in [0, 0.1) is 13.8 Å². The third-order valence-electron chi connectivity index (χ3n) is 3.51. The van der Waals surface area contributed by atoms with Crippen molar-refractivity contribution in [3.05, 3.63) is 59.0 Å². The van der Waals surface area contributed by atoms with Gasteiger partial charge in [0, 0.05) is 23.8 Å². The van der Waals surface area contributed by atoms with Gasteiger partial charge in [-0.1, -0.05) is 24.3 Å². The first kappa shape index (κ1) is 13.3. The van der Waals surface area contributed by atoms with Crippen molar-refractivity contribution in [1.29, 1.82) is 0 Å². The normalized spacial score (nSPS) is 10.8. The van der Waals surface area contributed by atoms with Gasteiger partial charge < -0.3 is 5.32 Å². The van der Waals surface area contributed by atoms with Crippen LogP contribution in [-0.4, -0.2) is 21.1 Å². The average molecular weight is 280 g/mol. The van der Waals surface area contributed by atoms with Gasteiger partial charge in [-0.25, -0.2) is 0 Å². The zero-order valence-electron chi connectivity index (χ0n) is 12.0. The van der Waals surface area contributed by atoms with Crippen molar-refractivity contribution >= 4 is 16.8 Å². The number of aromatic nitrogens is 3. The highest BCUT2D eigenvalue weighted by atomic mass is 16.1. The fraction of sp³-hybridized carbons (Fsp3) is 0.188. The number of pyridine rings is 1. The number of rotatable bonds is 3. The largest absolute Gasteiger partial charge is 0.348 e. The van der Waals surface area contributed by atoms with E-state index >= 15 is 0 Å². The SMILES string of the molecule is Cc1n[nH]c(C)c1C(=O)NCc1cccc2cccnc12. The van der Waals surface area contributed by atoms with E-state index in [1.807, 2.05) is 44.2 Å². The van der Waals surface area contributed by atoms with Crippen LogP contribution in [0.2, 0.25) is 0 Å². The number of fused-ring (bicyclic) bond motifs is 1. The Labute approximate surface area is 122 Å². The summed E-state index contributed by atoms with van der Waals surface area (Å²) in [6, 6.07) is 9.88. The molecule has 2 heterocycles. The van der Waals surface area contributed by atoms with E-state index in [1.54, 1.807) is 6.20 Å². The Bertz CT molecular complexity index is 782. The van der Waals surface area contributed by atoms with Crippen molar-refractivity contribution in [2.24, 2.45) is 0 Å². The molecule has 0 radical (unpaired) electrons. The Balaban J connectivity index is 1.83. The Hall–Kier alpha value is -2.69. The smallest absolute Gasteiger partial charge is 0.255 e. The molecule has 5 nitrogen and oxygen atoms in total. The number of para-hydroxylation sites is 1. The summed E-state index contributed by atoms with van der Waals surface area (Å²) < 4.78 is 0. The fourth-order valence-electron chi connectivity index (χ4n) is 2.46. The lowest BCUT2D eigenvalue weighted by molar-refractivity contribution is 0.0950. The van der Waals surface area contributed by atoms with Gasteiger partial charge in [-0.3, -0.25) is 14.9 Å². The summed E-state index contributed by atoms with van der Waals surface area (Å²) in [5.74, 6) is -0.119. The van der Waals surface area contributed by atoms with Crippen LogP contribution >= 0.6 is 0 Å². The van der Waals surface area contributed by atoms with Crippen molar-refractivity contribution in [1.82, 2.24) is 20.5 Å². The number of hydrogen-bond donors (Lipinski definition) is 2. The van der Waals surface area contributed by atoms with E-state index < -0.39 is 0 Å². The first-order valence-electron chi connectivity index (χ1n) is 6.79. The minimum Gasteiger partial charge on any atom is -0.348 e. The van der Waals surface area contributed by atoms with Crippen molar-refractivity contribution in [3.8, 4) is 0 Å². The zero-order chi connectivity index (χ0) is 14.8. The Kier molecular flexibility index (Phi) is 3.39. The second kappa shape index (κ2) is 5.36. The number of nitrogens with zero attached hydrogens (tertiary/aromatic N) is 2. The topological polar surface area (TPSA) is 70.7 Å². The van der Waals surface area contributed by atoms with E-state index in [4.69, 9.17) is 0 Å². The Morgan fingerprint density at radius 1 is 1.24 bits per heavy atom. The Morgan fingerprint density at radius 3 is 2.81 bits per heavy atom. The number of aromatic amines is 1. The monoisotopic (exact) mass is 280 g/mol. The van der Waals surface area contributed by atoms with Crippen LogP contribution in [0.25, 0.3) is 10.9 Å². The summed E-state index contributed by atoms with van der Waals surface area (Å²) in [6.45, 7) is 4.10. The lowest BCUT2D eigenvalue weighted by atomic mass is 10.1. The lowest BCUT2D eigenvalue weighted by Crippen LogP contribution is -2.24. The number of benzene rings is 1. The first-order valence-corrected chi connectivity index (χ1v) is 6.79. The minimum atomic E-state index is -0.119. The van der Waals surface area contributed by atoms with Gasteiger partial charge >= 0.3 is 0 Å². The van der Waals surface area contributed by atoms with Gasteiger partial charge in [-0.2, -0.15) is 5.10 Å². The van der Waals surface area contributed by atoms with Gasteiger partial charge in [0.15, 0.2) is 0 Å². The number of nitrogens with one attached hydrogen (secondary N) is 2. The summed E-state index contributed by atoms with van der Waals surface area (Å²) in [4.78, 5) is 16.7. The van der Waals surface area contributed by atoms with Crippen LogP contribution < -0.4 is 5.32 Å². The number of aryl methyl sites for hydroxylation is 2. The molecule has 106 valence electrons. The van der Waals surface area contributed by atoms with Crippen molar-refractivity contribution in [2.75, 3.05) is 0 Å². The third kappa shape index (κ3) is 2.50. The van der Waals surface area contributed by atoms with Crippen molar-refractivity contribution in [3.63, 3.8) is 0 Å². The first-order chi connectivity index (χ1) is 10.2. The zero-order valence-corrected chi connectivity index (χ0v) is 12.0. The molecule has 1 aromatic carbocycles. The summed E-state index contributed by atoms with van der Waals surface area (Å²) >= 11 is 0. The molecule has 3 rings (SSSR count). The molecule has 1 amide bonds. The van der Waals surface area contributed by atoms with Gasteiger partial charge in [0.1, 0.15) is 0 Å². The molecule has 0 unspecified atom stereocenters. The molecule has 0 spiro atoms. The van der Waals surface area contributed by atoms with Crippen LogP contribution in [0.4, 0.5) is 0 Å². The van der Waals surface area contributed by atoms with Gasteiger partial charge in [0.2, 0.25) is 0 Å². The van der Waals surface area contributed by atoms with E-state index in [-0.39, 0.29) is 5.91 Å². The van der Waals surface area contributed by atoms with Gasteiger partial charge in [-0.05, 0) is 25.5 Å². The highest BCUT2D eigenvalue weighted by Gasteiger charge is 2.15. The maximum atomic E-state index is 12.3. The summed E-state index contributed by atoms with van der Waals surface area (Å²) in [7, 11) is 0. The molecule has 0 fully saturated rings. The minimum absolute atomic E-state index is 0.119. The average Bonchev–Trinajstić information content (AvgIpc) is 2.84. The molecular formula is C16H16N4O. The van der Waals surface area contributed by atoms with E-state index in [9.17, 15) is 4.79 Å². The summed E-state index contributed by atoms with van der Waals surface area (Å²) in [5.41, 5.74) is 4.02. The molecule has 5 heteroatoms. The molecule has 0 saturated heterocycles. The molecule has 3 aromatic rings. The lowest BCUT2D eigenvalue weighted by Gasteiger charge is -2.08. The highest BCUT2D eigenvalue weighted by Crippen LogP contribution is 2.16. The van der Waals surface area contributed by atoms with Crippen LogP contribution in [0.3, 0.4) is 0 Å². The van der Waals surface area contributed by atoms with E-state index in [1.165, 1.54) is 0 Å². The van der Waals surface area contributed by atoms with Crippen molar-refractivity contribution in [2.45, 2.75) is 20.4 Å². The van der Waals surface area contributed by atoms with Crippen molar-refractivity contribution < 1.29 is 4.79 Å². The second-order valence-electron chi connectivity index (χ2n) is 4.98. The van der Waals surface area contributed by atoms with Crippen LogP contribution in [0.1, 0.15) is 27.3 Å². The van der Waals surface area contributed by atoms with Crippen LogP contribution in [0.5, 0.6) is 0 Å². The molecule has 0 aliphatic rings. The predicted octanol–water partition coefficient (Wildman–Crippen LogP) is 2.50. The Morgan fingerprint density at radius 2 is 2.05 bits per heavy atom. The molecule has 0 bridgehead atoms. The standard InChI is InChI=1S/C16H16N4O/c1-10-14(11(2)20-19-10)16(21)18-9-13-6-3-5-12-7-4-8-17-15(12)13/h3-8H,9H2,1-2H3,(H,18,21)(H,19,20). The number of H-pyrrole nitrogens is 1. The molecule has 0 atom stereocenters. The van der Waals surface area contributed by atoms with E-state index in [0.717, 1.165) is 22.2 Å². The van der Waals surface area contributed by atoms with Gasteiger partial charge in [0.05, 0.1) is 16.8 Å². The number of hydrogen-bond acceptors (Lipinski definition) is 3. The second-order valence-corrected chi connectivity index (χ2v) is 4.98.